The molecule has 2 heterocycles. The van der Waals surface area contributed by atoms with Gasteiger partial charge in [0.05, 0.1) is 6.61 Å². The van der Waals surface area contributed by atoms with Gasteiger partial charge in [0.25, 0.3) is 0 Å². The highest BCUT2D eigenvalue weighted by Crippen LogP contribution is 2.77. The number of carbonyl (C=O) groups is 1. The Hall–Kier alpha value is -2.37. The van der Waals surface area contributed by atoms with Crippen LogP contribution in [0.3, 0.4) is 0 Å². The molecule has 7 heteroatoms. The fraction of sp³-hybridized carbons (Fsp3) is 0.667. The molecule has 0 spiro atoms. The van der Waals surface area contributed by atoms with Crippen LogP contribution in [0.15, 0.2) is 85.7 Å². The molecular weight excluding hydrogens is 687 g/mol. The number of allylic oxidation sites excluding steroid dienone is 2. The molecule has 4 unspecified atom stereocenters. The lowest BCUT2D eigenvalue weighted by atomic mass is 9.32. The van der Waals surface area contributed by atoms with E-state index in [0.29, 0.717) is 36.1 Å². The lowest BCUT2D eigenvalue weighted by Crippen LogP contribution is -3.00. The van der Waals surface area contributed by atoms with Gasteiger partial charge in [0, 0.05) is 35.1 Å². The minimum atomic E-state index is -0.114. The molecule has 2 aromatic rings. The maximum Gasteiger partial charge on any atom is 0.372 e. The fourth-order valence-electron chi connectivity index (χ4n) is 13.6. The van der Waals surface area contributed by atoms with Crippen LogP contribution in [0.5, 0.6) is 0 Å². The van der Waals surface area contributed by atoms with E-state index in [1.807, 2.05) is 35.2 Å². The molecule has 5 aliphatic carbocycles. The largest absolute Gasteiger partial charge is 1.00 e. The van der Waals surface area contributed by atoms with Gasteiger partial charge >= 0.3 is 5.97 Å². The van der Waals surface area contributed by atoms with Crippen molar-refractivity contribution < 1.29 is 48.2 Å². The number of nitrogens with zero attached hydrogens (tertiary/aromatic N) is 2. The Labute approximate surface area is 326 Å². The van der Waals surface area contributed by atoms with Gasteiger partial charge in [-0.2, -0.15) is 9.13 Å². The first-order valence-electron chi connectivity index (χ1n) is 19.8. The number of carbonyl (C=O) groups excluding carboxylic acids is 1. The quantitative estimate of drug-likeness (QED) is 0.172. The zero-order valence-electron chi connectivity index (χ0n) is 32.7. The van der Waals surface area contributed by atoms with Crippen LogP contribution in [-0.4, -0.2) is 18.7 Å². The lowest BCUT2D eigenvalue weighted by Gasteiger charge is -2.73. The van der Waals surface area contributed by atoms with Crippen molar-refractivity contribution in [3.05, 3.63) is 85.7 Å². The van der Waals surface area contributed by atoms with Crippen LogP contribution in [0.4, 0.5) is 0 Å². The Balaban J connectivity index is 0.00000261. The van der Waals surface area contributed by atoms with Crippen LogP contribution < -0.4 is 33.9 Å². The van der Waals surface area contributed by atoms with Crippen molar-refractivity contribution >= 4 is 5.97 Å². The first-order chi connectivity index (χ1) is 23.7. The van der Waals surface area contributed by atoms with E-state index in [4.69, 9.17) is 9.47 Å². The molecule has 5 saturated carbocycles. The summed E-state index contributed by atoms with van der Waals surface area (Å²) < 4.78 is 17.1. The van der Waals surface area contributed by atoms with Gasteiger partial charge in [-0.1, -0.05) is 65.5 Å². The third kappa shape index (κ3) is 6.67. The highest BCUT2D eigenvalue weighted by molar-refractivity contribution is 5.68. The zero-order valence-corrected chi connectivity index (χ0v) is 34.2. The van der Waals surface area contributed by atoms with E-state index >= 15 is 0 Å². The average molecular weight is 752 g/mol. The van der Waals surface area contributed by atoms with E-state index in [0.717, 1.165) is 25.2 Å². The molecule has 0 radical (unpaired) electrons. The number of aromatic nitrogens is 2. The molecule has 0 N–H and O–H groups in total. The van der Waals surface area contributed by atoms with Crippen LogP contribution in [-0.2, 0) is 27.4 Å². The van der Waals surface area contributed by atoms with E-state index < -0.39 is 0 Å². The number of hydrogen-bond acceptors (Lipinski definition) is 3. The molecule has 5 nitrogen and oxygen atoms in total. The summed E-state index contributed by atoms with van der Waals surface area (Å²) >= 11 is 0. The first-order valence-corrected chi connectivity index (χ1v) is 19.8. The highest BCUT2D eigenvalue weighted by Gasteiger charge is 2.71. The molecule has 0 aliphatic heterocycles. The van der Waals surface area contributed by atoms with Crippen LogP contribution in [0.25, 0.3) is 0 Å². The van der Waals surface area contributed by atoms with Gasteiger partial charge in [-0.3, -0.25) is 0 Å². The summed E-state index contributed by atoms with van der Waals surface area (Å²) in [6.45, 7) is 25.9. The van der Waals surface area contributed by atoms with E-state index in [-0.39, 0.29) is 70.5 Å². The number of halogens is 2. The van der Waals surface area contributed by atoms with E-state index in [2.05, 4.69) is 89.9 Å². The maximum absolute atomic E-state index is 13.2. The third-order valence-corrected chi connectivity index (χ3v) is 16.2. The number of hydrogen-bond donors (Lipinski definition) is 0. The first kappa shape index (κ1) is 40.8. The second-order valence-electron chi connectivity index (χ2n) is 18.8. The molecule has 0 bridgehead atoms. The number of fused-ring (bicyclic) bond motifs is 7. The second kappa shape index (κ2) is 15.0. The lowest BCUT2D eigenvalue weighted by molar-refractivity contribution is -0.691. The maximum atomic E-state index is 13.2. The van der Waals surface area contributed by atoms with Gasteiger partial charge < -0.3 is 34.3 Å². The summed E-state index contributed by atoms with van der Waals surface area (Å²) in [5, 5.41) is 0. The Kier molecular flexibility index (Phi) is 11.8. The predicted octanol–water partition coefficient (Wildman–Crippen LogP) is 3.07. The number of pyridine rings is 2. The number of rotatable bonds is 9. The predicted molar refractivity (Wildman–Crippen MR) is 197 cm³/mol. The van der Waals surface area contributed by atoms with Crippen molar-refractivity contribution in [3.63, 3.8) is 0 Å². The van der Waals surface area contributed by atoms with Crippen molar-refractivity contribution in [3.8, 4) is 0 Å². The summed E-state index contributed by atoms with van der Waals surface area (Å²) in [6.07, 6.45) is 20.3. The molecule has 10 atom stereocenters. The molecule has 0 saturated heterocycles. The van der Waals surface area contributed by atoms with Crippen LogP contribution in [0.2, 0.25) is 0 Å². The monoisotopic (exact) mass is 750 g/mol. The molecule has 5 fully saturated rings. The Morgan fingerprint density at radius 1 is 0.712 bits per heavy atom. The van der Waals surface area contributed by atoms with Crippen molar-refractivity contribution in [2.24, 2.45) is 56.7 Å². The molecule has 0 aromatic carbocycles. The smallest absolute Gasteiger partial charge is 0.372 e. The number of ether oxygens (including phenoxy) is 2. The average Bonchev–Trinajstić information content (AvgIpc) is 3.47. The molecular formula is C45H64Cl2N2O3. The zero-order chi connectivity index (χ0) is 35.5. The van der Waals surface area contributed by atoms with Gasteiger partial charge in [-0.15, -0.1) is 0 Å². The van der Waals surface area contributed by atoms with Gasteiger partial charge in [-0.05, 0) is 117 Å². The third-order valence-electron chi connectivity index (χ3n) is 16.2. The second-order valence-corrected chi connectivity index (χ2v) is 18.8. The minimum absolute atomic E-state index is 0. The Morgan fingerprint density at radius 2 is 1.35 bits per heavy atom. The van der Waals surface area contributed by atoms with Crippen LogP contribution >= 0.6 is 0 Å². The molecule has 0 amide bonds. The highest BCUT2D eigenvalue weighted by atomic mass is 35.5. The van der Waals surface area contributed by atoms with E-state index in [9.17, 15) is 4.79 Å². The number of esters is 1. The normalized spacial score (nSPS) is 38.4. The molecule has 7 rings (SSSR count). The van der Waals surface area contributed by atoms with Crippen molar-refractivity contribution in [2.75, 3.05) is 6.61 Å². The molecule has 52 heavy (non-hydrogen) atoms. The summed E-state index contributed by atoms with van der Waals surface area (Å²) in [5.41, 5.74) is 2.34. The summed E-state index contributed by atoms with van der Waals surface area (Å²) in [7, 11) is 0. The van der Waals surface area contributed by atoms with Crippen LogP contribution in [0, 0.1) is 56.7 Å². The Bertz CT molecular complexity index is 1600. The van der Waals surface area contributed by atoms with Gasteiger partial charge in [0.2, 0.25) is 13.1 Å². The summed E-state index contributed by atoms with van der Waals surface area (Å²) in [6, 6.07) is 12.1. The molecule has 286 valence electrons. The van der Waals surface area contributed by atoms with Crippen molar-refractivity contribution in [2.45, 2.75) is 125 Å². The van der Waals surface area contributed by atoms with E-state index in [1.54, 1.807) is 0 Å². The van der Waals surface area contributed by atoms with Gasteiger partial charge in [0.1, 0.15) is 6.10 Å². The standard InChI is InChI=1S/C45H64N2O3.2ClH/c1-32(2)34-17-22-45(31-49-33(3)29-46-25-11-9-12-26-46)24-23-43(7)35(40(34)45)15-16-37-42(6)20-19-38(41(4,5)36(42)18-21-44(37,43)8)50-39(48)30-47-27-13-10-14-28-47;;/h9-14,25-28,34-38,40H,1,3,15-24,29-31H2,2,4-8H3;2*1H/q+2;;/p-2/t34-,35?,36?,37?,38-,40?,42-,43+,44+,45+;;/m0../s1. The summed E-state index contributed by atoms with van der Waals surface area (Å²) in [4.78, 5) is 13.2. The van der Waals surface area contributed by atoms with Gasteiger partial charge in [0.15, 0.2) is 30.5 Å². The molecule has 5 aliphatic rings. The Morgan fingerprint density at radius 3 is 1.98 bits per heavy atom. The van der Waals surface area contributed by atoms with Crippen molar-refractivity contribution in [1.29, 1.82) is 0 Å². The topological polar surface area (TPSA) is 43.3 Å². The molecule has 2 aromatic heterocycles. The van der Waals surface area contributed by atoms with E-state index in [1.165, 1.54) is 56.9 Å². The van der Waals surface area contributed by atoms with Crippen molar-refractivity contribution in [1.82, 2.24) is 0 Å². The SMILES string of the molecule is C=C(C[n+]1ccccc1)OC[C@]12CC[C@@H](C(=C)C)C1C1CCC3[C@@]4(C)CC[C@H](OC(=O)C[n+]5ccccc5)C(C)(C)C4CC[C@@]3(C)[C@]1(C)CC2.[Cl-].[Cl-]. The fourth-order valence-corrected chi connectivity index (χ4v) is 13.6. The summed E-state index contributed by atoms with van der Waals surface area (Å²) in [5.74, 6) is 3.86. The minimum Gasteiger partial charge on any atom is -1.00 e. The van der Waals surface area contributed by atoms with Gasteiger partial charge in [-0.25, -0.2) is 4.79 Å². The van der Waals surface area contributed by atoms with Crippen LogP contribution in [0.1, 0.15) is 106 Å².